The normalized spacial score (nSPS) is 37.0. The number of allylic oxidation sites excluding steroid dienone is 1. The molecule has 3 heterocycles. The number of aliphatic imine (C=N–C) groups is 1. The number of benzene rings is 1. The van der Waals surface area contributed by atoms with Gasteiger partial charge in [-0.25, -0.2) is 0 Å². The van der Waals surface area contributed by atoms with E-state index in [1.165, 1.54) is 18.4 Å². The van der Waals surface area contributed by atoms with Crippen molar-refractivity contribution in [1.82, 2.24) is 0 Å². The monoisotopic (exact) mass is 541 g/mol. The molecule has 3 aliphatic heterocycles. The van der Waals surface area contributed by atoms with Crippen molar-refractivity contribution in [1.29, 1.82) is 0 Å². The molecule has 4 atom stereocenters. The molecule has 3 aliphatic carbocycles. The van der Waals surface area contributed by atoms with Crippen LogP contribution in [0.3, 0.4) is 0 Å². The van der Waals surface area contributed by atoms with Crippen LogP contribution in [0.5, 0.6) is 0 Å². The van der Waals surface area contributed by atoms with Crippen LogP contribution in [0.15, 0.2) is 40.5 Å². The quantitative estimate of drug-likeness (QED) is 0.391. The SMILES string of the molecule is CC1(C)CC2(CC2)C2(C)C(=NC(C3CCOCC3)=C3C2C2(CCCC2)O[C@@H]3c2ccc([SiH](F)F)cc2)[C@@H]1O. The van der Waals surface area contributed by atoms with E-state index in [2.05, 4.69) is 20.8 Å². The molecule has 0 radical (unpaired) electrons. The molecule has 38 heavy (non-hydrogen) atoms. The number of nitrogens with zero attached hydrogens (tertiary/aromatic N) is 1. The molecule has 206 valence electrons. The summed E-state index contributed by atoms with van der Waals surface area (Å²) in [6.07, 6.45) is 8.63. The summed E-state index contributed by atoms with van der Waals surface area (Å²) in [6.45, 7) is 8.26. The van der Waals surface area contributed by atoms with Crippen LogP contribution in [-0.4, -0.2) is 45.2 Å². The Bertz CT molecular complexity index is 1180. The van der Waals surface area contributed by atoms with Gasteiger partial charge in [0.05, 0.1) is 17.4 Å². The van der Waals surface area contributed by atoms with Crippen LogP contribution in [0.2, 0.25) is 0 Å². The third-order valence-electron chi connectivity index (χ3n) is 11.4. The lowest BCUT2D eigenvalue weighted by Gasteiger charge is -2.59. The molecule has 6 aliphatic rings. The maximum Gasteiger partial charge on any atom is 0.441 e. The standard InChI is InChI=1S/C31H41F2NO3Si/c1-28(2)18-30(14-15-30)29(3)25-22(23(34-26(29)27(28)35)19-10-16-36-17-11-19)24(37-31(25)12-4-5-13-31)20-6-8-21(9-7-20)38(32)33/h6-9,19,24-25,27,35,38H,4-5,10-18H2,1-3H3/t24-,25?,27+,29?/m1/s1. The minimum atomic E-state index is -3.85. The van der Waals surface area contributed by atoms with Gasteiger partial charge in [-0.15, -0.1) is 0 Å². The number of hydrogen-bond donors (Lipinski definition) is 1. The number of rotatable bonds is 3. The molecule has 0 aromatic heterocycles. The molecule has 2 spiro atoms. The minimum absolute atomic E-state index is 0.130. The average Bonchev–Trinajstić information content (AvgIpc) is 3.39. The zero-order valence-electron chi connectivity index (χ0n) is 22.9. The number of ether oxygens (including phenoxy) is 2. The Kier molecular flexibility index (Phi) is 5.74. The minimum Gasteiger partial charge on any atom is -0.387 e. The van der Waals surface area contributed by atoms with E-state index in [4.69, 9.17) is 14.5 Å². The number of halogens is 2. The molecular formula is C31H41F2NO3Si. The molecule has 0 amide bonds. The summed E-state index contributed by atoms with van der Waals surface area (Å²) in [4.78, 5) is 5.53. The van der Waals surface area contributed by atoms with Crippen molar-refractivity contribution in [3.05, 3.63) is 41.1 Å². The zero-order chi connectivity index (χ0) is 26.5. The van der Waals surface area contributed by atoms with Gasteiger partial charge >= 0.3 is 9.46 Å². The van der Waals surface area contributed by atoms with Crippen LogP contribution in [0.4, 0.5) is 8.22 Å². The second-order valence-electron chi connectivity index (χ2n) is 13.9. The molecule has 5 fully saturated rings. The van der Waals surface area contributed by atoms with E-state index >= 15 is 0 Å². The smallest absolute Gasteiger partial charge is 0.387 e. The first-order valence-electron chi connectivity index (χ1n) is 14.8. The van der Waals surface area contributed by atoms with Crippen molar-refractivity contribution in [2.45, 2.75) is 96.4 Å². The summed E-state index contributed by atoms with van der Waals surface area (Å²) in [5.74, 6) is 0.423. The third-order valence-corrected chi connectivity index (χ3v) is 12.3. The van der Waals surface area contributed by atoms with E-state index < -0.39 is 15.6 Å². The fourth-order valence-electron chi connectivity index (χ4n) is 9.41. The molecule has 1 aromatic rings. The molecular weight excluding hydrogens is 500 g/mol. The topological polar surface area (TPSA) is 51.0 Å². The summed E-state index contributed by atoms with van der Waals surface area (Å²) in [5.41, 5.74) is 3.73. The first-order chi connectivity index (χ1) is 18.1. The molecule has 7 rings (SSSR count). The fourth-order valence-corrected chi connectivity index (χ4v) is 9.90. The van der Waals surface area contributed by atoms with Crippen LogP contribution in [0.1, 0.15) is 90.2 Å². The summed E-state index contributed by atoms with van der Waals surface area (Å²) in [6, 6.07) is 7.00. The summed E-state index contributed by atoms with van der Waals surface area (Å²) in [5, 5.41) is 12.1. The predicted molar refractivity (Wildman–Crippen MR) is 146 cm³/mol. The maximum atomic E-state index is 13.6. The van der Waals surface area contributed by atoms with Crippen LogP contribution in [0, 0.1) is 28.1 Å². The Morgan fingerprint density at radius 1 is 0.974 bits per heavy atom. The molecule has 1 N–H and O–H groups in total. The lowest BCUT2D eigenvalue weighted by atomic mass is 9.46. The van der Waals surface area contributed by atoms with Crippen LogP contribution in [0.25, 0.3) is 0 Å². The summed E-state index contributed by atoms with van der Waals surface area (Å²) >= 11 is 0. The average molecular weight is 542 g/mol. The Hall–Kier alpha value is -1.41. The van der Waals surface area contributed by atoms with Crippen molar-refractivity contribution in [2.75, 3.05) is 13.2 Å². The Morgan fingerprint density at radius 2 is 1.63 bits per heavy atom. The van der Waals surface area contributed by atoms with E-state index in [-0.39, 0.29) is 45.0 Å². The van der Waals surface area contributed by atoms with Gasteiger partial charge in [0.2, 0.25) is 0 Å². The number of aliphatic hydroxyl groups excluding tert-OH is 1. The largest absolute Gasteiger partial charge is 0.441 e. The third kappa shape index (κ3) is 3.43. The van der Waals surface area contributed by atoms with Crippen molar-refractivity contribution >= 4 is 20.4 Å². The van der Waals surface area contributed by atoms with Gasteiger partial charge in [-0.1, -0.05) is 57.9 Å². The second-order valence-corrected chi connectivity index (χ2v) is 15.2. The predicted octanol–water partition coefficient (Wildman–Crippen LogP) is 5.77. The molecule has 1 aromatic carbocycles. The van der Waals surface area contributed by atoms with E-state index in [0.717, 1.165) is 75.1 Å². The maximum absolute atomic E-state index is 13.6. The van der Waals surface area contributed by atoms with E-state index in [1.54, 1.807) is 12.1 Å². The molecule has 2 saturated heterocycles. The number of aliphatic hydroxyl groups is 1. The summed E-state index contributed by atoms with van der Waals surface area (Å²) in [7, 11) is -3.85. The van der Waals surface area contributed by atoms with Gasteiger partial charge in [-0.05, 0) is 72.1 Å². The van der Waals surface area contributed by atoms with Gasteiger partial charge in [-0.3, -0.25) is 13.2 Å². The van der Waals surface area contributed by atoms with Gasteiger partial charge < -0.3 is 14.6 Å². The Morgan fingerprint density at radius 3 is 2.24 bits per heavy atom. The van der Waals surface area contributed by atoms with E-state index in [0.29, 0.717) is 0 Å². The van der Waals surface area contributed by atoms with Gasteiger partial charge in [0.15, 0.2) is 0 Å². The summed E-state index contributed by atoms with van der Waals surface area (Å²) < 4.78 is 40.1. The first-order valence-corrected chi connectivity index (χ1v) is 16.2. The highest BCUT2D eigenvalue weighted by atomic mass is 28.4. The van der Waals surface area contributed by atoms with Crippen LogP contribution >= 0.6 is 0 Å². The Labute approximate surface area is 226 Å². The van der Waals surface area contributed by atoms with Gasteiger partial charge in [-0.2, -0.15) is 0 Å². The van der Waals surface area contributed by atoms with Crippen LogP contribution < -0.4 is 5.19 Å². The highest BCUT2D eigenvalue weighted by Gasteiger charge is 2.75. The van der Waals surface area contributed by atoms with Gasteiger partial charge in [0.25, 0.3) is 0 Å². The molecule has 3 saturated carbocycles. The highest BCUT2D eigenvalue weighted by Crippen LogP contribution is 2.77. The number of hydrogen-bond acceptors (Lipinski definition) is 4. The lowest BCUT2D eigenvalue weighted by molar-refractivity contribution is -0.0925. The second kappa shape index (κ2) is 8.54. The van der Waals surface area contributed by atoms with Gasteiger partial charge in [0, 0.05) is 36.2 Å². The number of fused-ring (bicyclic) bond motifs is 5. The lowest BCUT2D eigenvalue weighted by Crippen LogP contribution is -2.63. The Balaban J connectivity index is 1.46. The van der Waals surface area contributed by atoms with Gasteiger partial charge in [0.1, 0.15) is 6.10 Å². The highest BCUT2D eigenvalue weighted by molar-refractivity contribution is 6.59. The van der Waals surface area contributed by atoms with Crippen molar-refractivity contribution in [3.63, 3.8) is 0 Å². The molecule has 0 bridgehead atoms. The first kappa shape index (κ1) is 25.5. The van der Waals surface area contributed by atoms with Crippen molar-refractivity contribution in [2.24, 2.45) is 33.1 Å². The fraction of sp³-hybridized carbons (Fsp3) is 0.710. The van der Waals surface area contributed by atoms with Crippen molar-refractivity contribution in [3.8, 4) is 0 Å². The molecule has 4 nitrogen and oxygen atoms in total. The zero-order valence-corrected chi connectivity index (χ0v) is 24.1. The van der Waals surface area contributed by atoms with Crippen LogP contribution in [-0.2, 0) is 9.47 Å². The molecule has 7 heteroatoms. The molecule has 2 unspecified atom stereocenters. The van der Waals surface area contributed by atoms with Crippen molar-refractivity contribution < 1.29 is 22.8 Å². The van der Waals surface area contributed by atoms with E-state index in [9.17, 15) is 13.3 Å². The van der Waals surface area contributed by atoms with E-state index in [1.807, 2.05) is 12.1 Å².